The second-order valence-electron chi connectivity index (χ2n) is 6.03. The molecule has 0 aliphatic heterocycles. The number of pyridine rings is 1. The van der Waals surface area contributed by atoms with E-state index in [1.54, 1.807) is 18.2 Å². The van der Waals surface area contributed by atoms with Gasteiger partial charge in [-0.3, -0.25) is 14.4 Å². The van der Waals surface area contributed by atoms with Gasteiger partial charge in [0, 0.05) is 18.5 Å². The summed E-state index contributed by atoms with van der Waals surface area (Å²) < 4.78 is 6.98. The van der Waals surface area contributed by atoms with Crippen LogP contribution in [0, 0.1) is 0 Å². The van der Waals surface area contributed by atoms with Crippen molar-refractivity contribution < 1.29 is 24.5 Å². The normalized spacial score (nSPS) is 13.3. The molecule has 0 spiro atoms. The Morgan fingerprint density at radius 3 is 2.74 bits per heavy atom. The van der Waals surface area contributed by atoms with E-state index in [-0.39, 0.29) is 5.39 Å². The third-order valence-corrected chi connectivity index (χ3v) is 4.16. The molecule has 0 bridgehead atoms. The molecule has 0 unspecified atom stereocenters. The molecule has 1 aromatic carbocycles. The number of ether oxygens (including phenoxy) is 1. The highest BCUT2D eigenvalue weighted by Crippen LogP contribution is 2.30. The van der Waals surface area contributed by atoms with Crippen molar-refractivity contribution in [3.8, 4) is 11.5 Å². The number of carboxylic acids is 1. The summed E-state index contributed by atoms with van der Waals surface area (Å²) in [6.45, 7) is -0.658. The van der Waals surface area contributed by atoms with Crippen LogP contribution in [-0.4, -0.2) is 33.2 Å². The van der Waals surface area contributed by atoms with Crippen molar-refractivity contribution in [3.05, 3.63) is 58.1 Å². The summed E-state index contributed by atoms with van der Waals surface area (Å²) in [6.07, 6.45) is 7.66. The Morgan fingerprint density at radius 2 is 2.07 bits per heavy atom. The van der Waals surface area contributed by atoms with Crippen molar-refractivity contribution in [1.29, 1.82) is 0 Å². The van der Waals surface area contributed by atoms with Crippen molar-refractivity contribution in [1.82, 2.24) is 9.88 Å². The molecule has 1 aromatic heterocycles. The zero-order valence-corrected chi connectivity index (χ0v) is 14.6. The SMILES string of the molecule is Cn1c(=O)c(C(=O)NCC(=O)O)c(O)c2ccc(OC3=CCCC=C3)cc21. The number of aliphatic carboxylic acids is 1. The lowest BCUT2D eigenvalue weighted by Gasteiger charge is -2.14. The summed E-state index contributed by atoms with van der Waals surface area (Å²) in [5.41, 5.74) is -0.861. The number of carbonyl (C=O) groups is 2. The zero-order valence-electron chi connectivity index (χ0n) is 14.6. The molecule has 8 heteroatoms. The third-order valence-electron chi connectivity index (χ3n) is 4.16. The molecule has 0 saturated carbocycles. The average Bonchev–Trinajstić information content (AvgIpc) is 2.65. The number of fused-ring (bicyclic) bond motifs is 1. The van der Waals surface area contributed by atoms with E-state index in [1.807, 2.05) is 18.2 Å². The Labute approximate surface area is 154 Å². The van der Waals surface area contributed by atoms with Crippen LogP contribution in [0.5, 0.6) is 11.5 Å². The molecule has 2 aromatic rings. The number of allylic oxidation sites excluding steroid dienone is 3. The van der Waals surface area contributed by atoms with Crippen LogP contribution >= 0.6 is 0 Å². The highest BCUT2D eigenvalue weighted by Gasteiger charge is 2.22. The van der Waals surface area contributed by atoms with Crippen LogP contribution in [0.25, 0.3) is 10.9 Å². The largest absolute Gasteiger partial charge is 0.506 e. The van der Waals surface area contributed by atoms with E-state index in [0.29, 0.717) is 17.0 Å². The minimum atomic E-state index is -1.26. The minimum absolute atomic E-state index is 0.276. The van der Waals surface area contributed by atoms with E-state index in [2.05, 4.69) is 5.32 Å². The standard InChI is InChI=1S/C19H18N2O6/c1-21-14-9-12(27-11-5-3-2-4-6-11)7-8-13(14)17(24)16(19(21)26)18(25)20-10-15(22)23/h3,5-9,24H,2,4,10H2,1H3,(H,20,25)(H,22,23). The van der Waals surface area contributed by atoms with Crippen LogP contribution in [0.2, 0.25) is 0 Å². The molecule has 0 radical (unpaired) electrons. The molecule has 3 N–H and O–H groups in total. The first-order chi connectivity index (χ1) is 12.9. The van der Waals surface area contributed by atoms with E-state index in [1.165, 1.54) is 11.6 Å². The van der Waals surface area contributed by atoms with Gasteiger partial charge in [-0.05, 0) is 37.1 Å². The Balaban J connectivity index is 2.02. The second-order valence-corrected chi connectivity index (χ2v) is 6.03. The summed E-state index contributed by atoms with van der Waals surface area (Å²) in [5, 5.41) is 21.4. The Hall–Kier alpha value is -3.55. The van der Waals surface area contributed by atoms with Gasteiger partial charge in [-0.15, -0.1) is 0 Å². The van der Waals surface area contributed by atoms with Gasteiger partial charge in [-0.25, -0.2) is 0 Å². The number of rotatable bonds is 5. The van der Waals surface area contributed by atoms with E-state index >= 15 is 0 Å². The fourth-order valence-electron chi connectivity index (χ4n) is 2.82. The maximum atomic E-state index is 12.5. The molecule has 0 fully saturated rings. The number of aryl methyl sites for hydroxylation is 1. The van der Waals surface area contributed by atoms with Crippen LogP contribution in [0.4, 0.5) is 0 Å². The molecule has 140 valence electrons. The number of hydrogen-bond acceptors (Lipinski definition) is 5. The number of amides is 1. The number of nitrogens with zero attached hydrogens (tertiary/aromatic N) is 1. The summed E-state index contributed by atoms with van der Waals surface area (Å²) in [5.74, 6) is -1.53. The summed E-state index contributed by atoms with van der Waals surface area (Å²) in [4.78, 5) is 35.3. The topological polar surface area (TPSA) is 118 Å². The van der Waals surface area contributed by atoms with Gasteiger partial charge in [-0.2, -0.15) is 0 Å². The number of aromatic nitrogens is 1. The van der Waals surface area contributed by atoms with E-state index in [0.717, 1.165) is 12.8 Å². The maximum Gasteiger partial charge on any atom is 0.322 e. The Kier molecular flexibility index (Phi) is 4.98. The first-order valence-electron chi connectivity index (χ1n) is 8.28. The van der Waals surface area contributed by atoms with Crippen LogP contribution in [-0.2, 0) is 11.8 Å². The second kappa shape index (κ2) is 7.36. The summed E-state index contributed by atoms with van der Waals surface area (Å²) in [7, 11) is 1.46. The smallest absolute Gasteiger partial charge is 0.322 e. The lowest BCUT2D eigenvalue weighted by molar-refractivity contribution is -0.135. The van der Waals surface area contributed by atoms with Gasteiger partial charge < -0.3 is 24.8 Å². The summed E-state index contributed by atoms with van der Waals surface area (Å²) in [6, 6.07) is 4.76. The fourth-order valence-corrected chi connectivity index (χ4v) is 2.82. The molecule has 1 amide bonds. The van der Waals surface area contributed by atoms with Gasteiger partial charge in [0.1, 0.15) is 29.4 Å². The van der Waals surface area contributed by atoms with Gasteiger partial charge >= 0.3 is 5.97 Å². The van der Waals surface area contributed by atoms with Crippen LogP contribution in [0.15, 0.2) is 47.0 Å². The molecule has 0 atom stereocenters. The van der Waals surface area contributed by atoms with E-state index in [4.69, 9.17) is 9.84 Å². The van der Waals surface area contributed by atoms with Gasteiger partial charge in [0.25, 0.3) is 11.5 Å². The molecule has 1 aliphatic rings. The number of hydrogen-bond donors (Lipinski definition) is 3. The van der Waals surface area contributed by atoms with Gasteiger partial charge in [-0.1, -0.05) is 6.08 Å². The Bertz CT molecular complexity index is 1050. The monoisotopic (exact) mass is 370 g/mol. The number of carboxylic acid groups (broad SMARTS) is 1. The van der Waals surface area contributed by atoms with Crippen LogP contribution < -0.4 is 15.6 Å². The van der Waals surface area contributed by atoms with Crippen molar-refractivity contribution in [2.24, 2.45) is 7.05 Å². The number of aromatic hydroxyl groups is 1. The van der Waals surface area contributed by atoms with Crippen molar-refractivity contribution in [2.45, 2.75) is 12.8 Å². The predicted octanol–water partition coefficient (Wildman–Crippen LogP) is 1.67. The molecular weight excluding hydrogens is 352 g/mol. The molecule has 0 saturated heterocycles. The molecule has 1 heterocycles. The first-order valence-corrected chi connectivity index (χ1v) is 8.28. The van der Waals surface area contributed by atoms with Crippen molar-refractivity contribution in [3.63, 3.8) is 0 Å². The zero-order chi connectivity index (χ0) is 19.6. The third kappa shape index (κ3) is 3.69. The number of benzene rings is 1. The van der Waals surface area contributed by atoms with Crippen molar-refractivity contribution >= 4 is 22.8 Å². The summed E-state index contributed by atoms with van der Waals surface area (Å²) >= 11 is 0. The molecule has 3 rings (SSSR count). The van der Waals surface area contributed by atoms with Crippen molar-refractivity contribution in [2.75, 3.05) is 6.54 Å². The molecular formula is C19H18N2O6. The van der Waals surface area contributed by atoms with E-state index < -0.39 is 35.3 Å². The predicted molar refractivity (Wildman–Crippen MR) is 97.9 cm³/mol. The van der Waals surface area contributed by atoms with Crippen LogP contribution in [0.1, 0.15) is 23.2 Å². The van der Waals surface area contributed by atoms with E-state index in [9.17, 15) is 19.5 Å². The maximum absolute atomic E-state index is 12.5. The van der Waals surface area contributed by atoms with Crippen LogP contribution in [0.3, 0.4) is 0 Å². The first kappa shape index (κ1) is 18.2. The fraction of sp³-hybridized carbons (Fsp3) is 0.211. The molecule has 27 heavy (non-hydrogen) atoms. The lowest BCUT2D eigenvalue weighted by Crippen LogP contribution is -2.35. The molecule has 8 nitrogen and oxygen atoms in total. The highest BCUT2D eigenvalue weighted by molar-refractivity contribution is 6.03. The van der Waals surface area contributed by atoms with Gasteiger partial charge in [0.15, 0.2) is 0 Å². The average molecular weight is 370 g/mol. The Morgan fingerprint density at radius 1 is 1.30 bits per heavy atom. The molecule has 1 aliphatic carbocycles. The quantitative estimate of drug-likeness (QED) is 0.737. The number of carbonyl (C=O) groups excluding carboxylic acids is 1. The highest BCUT2D eigenvalue weighted by atomic mass is 16.5. The lowest BCUT2D eigenvalue weighted by atomic mass is 10.1. The number of nitrogens with one attached hydrogen (secondary N) is 1. The van der Waals surface area contributed by atoms with Gasteiger partial charge in [0.2, 0.25) is 0 Å². The minimum Gasteiger partial charge on any atom is -0.506 e. The van der Waals surface area contributed by atoms with Gasteiger partial charge in [0.05, 0.1) is 5.52 Å².